The zero-order valence-electron chi connectivity index (χ0n) is 13.6. The molecule has 1 amide bonds. The fraction of sp³-hybridized carbons (Fsp3) is 0.941. The Bertz CT molecular complexity index is 369. The van der Waals surface area contributed by atoms with E-state index in [0.29, 0.717) is 19.8 Å². The number of hydrogen-bond donors (Lipinski definition) is 1. The number of rotatable bonds is 3. The molecular formula is C17H30N2O3. The van der Waals surface area contributed by atoms with E-state index in [-0.39, 0.29) is 24.0 Å². The van der Waals surface area contributed by atoms with E-state index in [1.807, 2.05) is 4.90 Å². The van der Waals surface area contributed by atoms with E-state index >= 15 is 0 Å². The summed E-state index contributed by atoms with van der Waals surface area (Å²) in [4.78, 5) is 17.0. The van der Waals surface area contributed by atoms with Gasteiger partial charge in [-0.1, -0.05) is 19.3 Å². The maximum Gasteiger partial charge on any atom is 0.236 e. The van der Waals surface area contributed by atoms with E-state index in [4.69, 9.17) is 4.74 Å². The van der Waals surface area contributed by atoms with Crippen molar-refractivity contribution in [2.24, 2.45) is 5.92 Å². The molecule has 5 nitrogen and oxygen atoms in total. The minimum atomic E-state index is -0.220. The van der Waals surface area contributed by atoms with E-state index in [0.717, 1.165) is 51.7 Å². The highest BCUT2D eigenvalue weighted by Crippen LogP contribution is 2.32. The molecule has 0 aromatic rings. The fourth-order valence-corrected chi connectivity index (χ4v) is 4.26. The molecule has 3 aliphatic rings. The third-order valence-corrected chi connectivity index (χ3v) is 5.60. The van der Waals surface area contributed by atoms with Crippen LogP contribution in [0.15, 0.2) is 0 Å². The van der Waals surface area contributed by atoms with Crippen LogP contribution < -0.4 is 0 Å². The highest BCUT2D eigenvalue weighted by molar-refractivity contribution is 5.78. The monoisotopic (exact) mass is 310 g/mol. The second-order valence-corrected chi connectivity index (χ2v) is 7.07. The van der Waals surface area contributed by atoms with Crippen molar-refractivity contribution < 1.29 is 14.6 Å². The molecule has 1 N–H and O–H groups in total. The van der Waals surface area contributed by atoms with Gasteiger partial charge in [0.1, 0.15) is 0 Å². The first kappa shape index (κ1) is 16.2. The number of morpholine rings is 1. The average molecular weight is 310 g/mol. The molecule has 22 heavy (non-hydrogen) atoms. The summed E-state index contributed by atoms with van der Waals surface area (Å²) >= 11 is 0. The van der Waals surface area contributed by atoms with Gasteiger partial charge in [0.05, 0.1) is 25.9 Å². The highest BCUT2D eigenvalue weighted by atomic mass is 16.5. The Kier molecular flexibility index (Phi) is 5.71. The van der Waals surface area contributed by atoms with Crippen molar-refractivity contribution in [3.8, 4) is 0 Å². The number of aliphatic hydroxyl groups is 1. The van der Waals surface area contributed by atoms with E-state index in [1.165, 1.54) is 12.8 Å². The lowest BCUT2D eigenvalue weighted by molar-refractivity contribution is -0.136. The first-order valence-electron chi connectivity index (χ1n) is 9.03. The molecule has 2 saturated heterocycles. The SMILES string of the molecule is O=C(CN1CCOCC1C1CCCC1O)N1CCCCCC1. The van der Waals surface area contributed by atoms with Crippen LogP contribution in [0.5, 0.6) is 0 Å². The van der Waals surface area contributed by atoms with Gasteiger partial charge in [-0.25, -0.2) is 0 Å². The second kappa shape index (κ2) is 7.75. The molecule has 2 heterocycles. The van der Waals surface area contributed by atoms with E-state index in [9.17, 15) is 9.90 Å². The summed E-state index contributed by atoms with van der Waals surface area (Å²) in [6.45, 7) is 4.51. The predicted octanol–water partition coefficient (Wildman–Crippen LogP) is 1.25. The normalized spacial score (nSPS) is 34.6. The fourth-order valence-electron chi connectivity index (χ4n) is 4.26. The van der Waals surface area contributed by atoms with Gasteiger partial charge >= 0.3 is 0 Å². The van der Waals surface area contributed by atoms with Crippen LogP contribution in [0.4, 0.5) is 0 Å². The van der Waals surface area contributed by atoms with Gasteiger partial charge in [-0.15, -0.1) is 0 Å². The zero-order chi connectivity index (χ0) is 15.4. The standard InChI is InChI=1S/C17H30N2O3/c20-16-7-5-6-14(16)15-13-22-11-10-19(15)12-17(21)18-8-3-1-2-4-9-18/h14-16,20H,1-13H2. The zero-order valence-corrected chi connectivity index (χ0v) is 13.6. The van der Waals surface area contributed by atoms with Crippen LogP contribution in [0.2, 0.25) is 0 Å². The van der Waals surface area contributed by atoms with Gasteiger partial charge in [-0.2, -0.15) is 0 Å². The summed E-state index contributed by atoms with van der Waals surface area (Å²) in [5.41, 5.74) is 0. The quantitative estimate of drug-likeness (QED) is 0.852. The molecule has 1 saturated carbocycles. The Labute approximate surface area is 133 Å². The minimum absolute atomic E-state index is 0.210. The van der Waals surface area contributed by atoms with Gasteiger partial charge in [-0.3, -0.25) is 9.69 Å². The lowest BCUT2D eigenvalue weighted by Crippen LogP contribution is -2.54. The molecule has 3 atom stereocenters. The molecule has 0 radical (unpaired) electrons. The van der Waals surface area contributed by atoms with Crippen molar-refractivity contribution in [3.63, 3.8) is 0 Å². The smallest absolute Gasteiger partial charge is 0.236 e. The van der Waals surface area contributed by atoms with Gasteiger partial charge in [-0.05, 0) is 25.7 Å². The maximum absolute atomic E-state index is 12.6. The van der Waals surface area contributed by atoms with Crippen LogP contribution in [-0.2, 0) is 9.53 Å². The van der Waals surface area contributed by atoms with E-state index < -0.39 is 0 Å². The van der Waals surface area contributed by atoms with Crippen LogP contribution in [-0.4, -0.2) is 72.4 Å². The molecule has 5 heteroatoms. The Hall–Kier alpha value is -0.650. The molecular weight excluding hydrogens is 280 g/mol. The summed E-state index contributed by atoms with van der Waals surface area (Å²) in [5, 5.41) is 10.2. The first-order chi connectivity index (χ1) is 10.8. The summed E-state index contributed by atoms with van der Waals surface area (Å²) < 4.78 is 5.64. The van der Waals surface area contributed by atoms with Crippen LogP contribution in [0.25, 0.3) is 0 Å². The number of amides is 1. The summed E-state index contributed by atoms with van der Waals surface area (Å²) in [6, 6.07) is 0.210. The Morgan fingerprint density at radius 3 is 2.50 bits per heavy atom. The first-order valence-corrected chi connectivity index (χ1v) is 9.03. The molecule has 0 bridgehead atoms. The van der Waals surface area contributed by atoms with Crippen LogP contribution >= 0.6 is 0 Å². The molecule has 3 fully saturated rings. The summed E-state index contributed by atoms with van der Waals surface area (Å²) in [6.07, 6.45) is 7.60. The van der Waals surface area contributed by atoms with E-state index in [1.54, 1.807) is 0 Å². The number of hydrogen-bond acceptors (Lipinski definition) is 4. The van der Waals surface area contributed by atoms with Crippen LogP contribution in [0.1, 0.15) is 44.9 Å². The molecule has 0 aromatic carbocycles. The number of likely N-dealkylation sites (tertiary alicyclic amines) is 1. The number of nitrogens with zero attached hydrogens (tertiary/aromatic N) is 2. The third-order valence-electron chi connectivity index (χ3n) is 5.60. The number of aliphatic hydroxyl groups excluding tert-OH is 1. The number of ether oxygens (including phenoxy) is 1. The molecule has 2 aliphatic heterocycles. The number of carbonyl (C=O) groups is 1. The van der Waals surface area contributed by atoms with Gasteiger partial charge in [0, 0.05) is 31.6 Å². The molecule has 3 unspecified atom stereocenters. The van der Waals surface area contributed by atoms with Crippen LogP contribution in [0.3, 0.4) is 0 Å². The second-order valence-electron chi connectivity index (χ2n) is 7.07. The average Bonchev–Trinajstić information content (AvgIpc) is 2.78. The topological polar surface area (TPSA) is 53.0 Å². The summed E-state index contributed by atoms with van der Waals surface area (Å²) in [5.74, 6) is 0.540. The van der Waals surface area contributed by atoms with E-state index in [2.05, 4.69) is 4.90 Å². The van der Waals surface area contributed by atoms with Crippen molar-refractivity contribution in [1.82, 2.24) is 9.80 Å². The van der Waals surface area contributed by atoms with Crippen LogP contribution in [0, 0.1) is 5.92 Å². The van der Waals surface area contributed by atoms with Crippen molar-refractivity contribution in [3.05, 3.63) is 0 Å². The Morgan fingerprint density at radius 2 is 1.82 bits per heavy atom. The van der Waals surface area contributed by atoms with Crippen molar-refractivity contribution in [1.29, 1.82) is 0 Å². The maximum atomic E-state index is 12.6. The van der Waals surface area contributed by atoms with Gasteiger partial charge < -0.3 is 14.7 Å². The van der Waals surface area contributed by atoms with Crippen molar-refractivity contribution in [2.45, 2.75) is 57.1 Å². The third kappa shape index (κ3) is 3.81. The highest BCUT2D eigenvalue weighted by Gasteiger charge is 2.38. The molecule has 3 rings (SSSR count). The molecule has 1 aliphatic carbocycles. The minimum Gasteiger partial charge on any atom is -0.393 e. The molecule has 0 aromatic heterocycles. The molecule has 126 valence electrons. The Balaban J connectivity index is 1.59. The van der Waals surface area contributed by atoms with Crippen molar-refractivity contribution in [2.75, 3.05) is 39.4 Å². The number of carbonyl (C=O) groups excluding carboxylic acids is 1. The van der Waals surface area contributed by atoms with Gasteiger partial charge in [0.2, 0.25) is 5.91 Å². The van der Waals surface area contributed by atoms with Gasteiger partial charge in [0.15, 0.2) is 0 Å². The lowest BCUT2D eigenvalue weighted by atomic mass is 9.94. The van der Waals surface area contributed by atoms with Crippen molar-refractivity contribution >= 4 is 5.91 Å². The molecule has 0 spiro atoms. The Morgan fingerprint density at radius 1 is 1.05 bits per heavy atom. The summed E-state index contributed by atoms with van der Waals surface area (Å²) in [7, 11) is 0. The predicted molar refractivity (Wildman–Crippen MR) is 84.6 cm³/mol. The largest absolute Gasteiger partial charge is 0.393 e. The lowest BCUT2D eigenvalue weighted by Gasteiger charge is -2.40. The van der Waals surface area contributed by atoms with Gasteiger partial charge in [0.25, 0.3) is 0 Å².